The molecule has 0 heterocycles. The zero-order chi connectivity index (χ0) is 19.5. The Morgan fingerprint density at radius 3 is 1.04 bits per heavy atom. The number of halogens is 9. The fourth-order valence-corrected chi connectivity index (χ4v) is 11.1. The third-order valence-corrected chi connectivity index (χ3v) is 13.6. The van der Waals surface area contributed by atoms with Gasteiger partial charge in [0.25, 0.3) is 19.7 Å². The molecule has 0 aromatic carbocycles. The molecule has 23 heavy (non-hydrogen) atoms. The highest BCUT2D eigenvalue weighted by molar-refractivity contribution is 8.36. The summed E-state index contributed by atoms with van der Waals surface area (Å²) in [7, 11) is -22.9. The number of hydrogen-bond acceptors (Lipinski definition) is 5. The van der Waals surface area contributed by atoms with Crippen molar-refractivity contribution in [2.45, 2.75) is 20.4 Å². The molecule has 142 valence electrons. The molecule has 0 aromatic heterocycles. The molecule has 17 heteroatoms. The standard InChI is InChI=1S/C6H7F9O5S3/c1-23(2,20,6(13,14)15)3(21(16,17)4(7,8)9)22(18,19)5(10,11)12/h3H,1-2H3. The number of hydrogen-bond donors (Lipinski definition) is 0. The molecule has 0 rings (SSSR count). The third kappa shape index (κ3) is 3.31. The fraction of sp³-hybridized carbons (Fsp3) is 1.00. The Morgan fingerprint density at radius 1 is 0.696 bits per heavy atom. The lowest BCUT2D eigenvalue weighted by Crippen LogP contribution is -2.63. The van der Waals surface area contributed by atoms with E-state index in [1.165, 1.54) is 0 Å². The van der Waals surface area contributed by atoms with E-state index < -0.39 is 61.7 Å². The van der Waals surface area contributed by atoms with Gasteiger partial charge < -0.3 is 0 Å². The monoisotopic (exact) mass is 426 g/mol. The van der Waals surface area contributed by atoms with Gasteiger partial charge in [0, 0.05) is 21.6 Å². The van der Waals surface area contributed by atoms with Crippen molar-refractivity contribution in [3.8, 4) is 0 Å². The average molecular weight is 426 g/mol. The molecule has 0 aliphatic heterocycles. The van der Waals surface area contributed by atoms with Crippen LogP contribution in [0.25, 0.3) is 0 Å². The van der Waals surface area contributed by atoms with Crippen LogP contribution in [0.4, 0.5) is 39.5 Å². The Hall–Kier alpha value is -0.580. The molecule has 0 unspecified atom stereocenters. The van der Waals surface area contributed by atoms with Crippen molar-refractivity contribution in [3.05, 3.63) is 0 Å². The fourth-order valence-electron chi connectivity index (χ4n) is 1.23. The van der Waals surface area contributed by atoms with Gasteiger partial charge in [-0.15, -0.1) is 0 Å². The molecular weight excluding hydrogens is 419 g/mol. The van der Waals surface area contributed by atoms with Gasteiger partial charge in [0.05, 0.1) is 0 Å². The first-order valence-corrected chi connectivity index (χ1v) is 10.6. The van der Waals surface area contributed by atoms with E-state index in [1.807, 2.05) is 0 Å². The van der Waals surface area contributed by atoms with Gasteiger partial charge in [-0.25, -0.2) is 16.8 Å². The van der Waals surface area contributed by atoms with Gasteiger partial charge in [-0.05, 0) is 0 Å². The average Bonchev–Trinajstić information content (AvgIpc) is 2.07. The summed E-state index contributed by atoms with van der Waals surface area (Å²) in [5.74, 6) is 0. The molecule has 0 spiro atoms. The lowest BCUT2D eigenvalue weighted by molar-refractivity contribution is -0.0494. The third-order valence-electron chi connectivity index (χ3n) is 2.40. The molecular formula is C6H7F9O5S3. The van der Waals surface area contributed by atoms with E-state index in [1.54, 1.807) is 0 Å². The highest BCUT2D eigenvalue weighted by atomic mass is 32.4. The summed E-state index contributed by atoms with van der Waals surface area (Å²) in [4.78, 5) is 0. The Morgan fingerprint density at radius 2 is 0.913 bits per heavy atom. The van der Waals surface area contributed by atoms with Gasteiger partial charge in [0.15, 0.2) is 0 Å². The minimum Gasteiger partial charge on any atom is -0.272 e. The van der Waals surface area contributed by atoms with Gasteiger partial charge in [0.2, 0.25) is 3.91 Å². The molecule has 5 nitrogen and oxygen atoms in total. The molecule has 0 N–H and O–H groups in total. The van der Waals surface area contributed by atoms with Gasteiger partial charge in [-0.1, -0.05) is 0 Å². The number of alkyl halides is 9. The van der Waals surface area contributed by atoms with Crippen LogP contribution in [-0.4, -0.2) is 54.0 Å². The molecule has 0 saturated heterocycles. The van der Waals surface area contributed by atoms with Gasteiger partial charge >= 0.3 is 16.5 Å². The molecule has 0 aliphatic carbocycles. The van der Waals surface area contributed by atoms with E-state index >= 15 is 0 Å². The van der Waals surface area contributed by atoms with Crippen LogP contribution >= 0.6 is 0 Å². The van der Waals surface area contributed by atoms with Crippen molar-refractivity contribution in [2.75, 3.05) is 12.5 Å². The van der Waals surface area contributed by atoms with E-state index in [-0.39, 0.29) is 0 Å². The second-order valence-electron chi connectivity index (χ2n) is 4.63. The van der Waals surface area contributed by atoms with Crippen LogP contribution in [0.3, 0.4) is 0 Å². The van der Waals surface area contributed by atoms with Crippen molar-refractivity contribution < 1.29 is 60.6 Å². The maximum Gasteiger partial charge on any atom is 0.499 e. The van der Waals surface area contributed by atoms with E-state index in [4.69, 9.17) is 0 Å². The van der Waals surface area contributed by atoms with Crippen LogP contribution in [0.1, 0.15) is 0 Å². The van der Waals surface area contributed by atoms with Crippen molar-refractivity contribution >= 4 is 28.7 Å². The molecule has 0 saturated carbocycles. The summed E-state index contributed by atoms with van der Waals surface area (Å²) in [5.41, 5.74) is -20.2. The quantitative estimate of drug-likeness (QED) is 0.642. The lowest BCUT2D eigenvalue weighted by Gasteiger charge is -2.41. The van der Waals surface area contributed by atoms with Crippen LogP contribution in [-0.2, 0) is 28.7 Å². The summed E-state index contributed by atoms with van der Waals surface area (Å²) in [5, 5.41) is 0. The number of sulfone groups is 2. The minimum atomic E-state index is -7.67. The zero-order valence-corrected chi connectivity index (χ0v) is 13.2. The maximum absolute atomic E-state index is 12.8. The summed E-state index contributed by atoms with van der Waals surface area (Å²) in [6, 6.07) is 0. The molecule has 0 bridgehead atoms. The van der Waals surface area contributed by atoms with Crippen LogP contribution < -0.4 is 0 Å². The molecule has 0 atom stereocenters. The molecule has 0 fully saturated rings. The van der Waals surface area contributed by atoms with Crippen molar-refractivity contribution in [1.29, 1.82) is 0 Å². The molecule has 0 aliphatic rings. The van der Waals surface area contributed by atoms with Crippen LogP contribution in [0.5, 0.6) is 0 Å². The predicted octanol–water partition coefficient (Wildman–Crippen LogP) is 1.74. The first-order valence-electron chi connectivity index (χ1n) is 4.67. The highest BCUT2D eigenvalue weighted by Crippen LogP contribution is 2.52. The normalized spacial score (nSPS) is 17.8. The van der Waals surface area contributed by atoms with Gasteiger partial charge in [-0.3, -0.25) is 4.21 Å². The molecule has 0 amide bonds. The SMILES string of the molecule is CS(C)(=O)(C(S(=O)(=O)C(F)(F)F)S(=O)(=O)C(F)(F)F)C(F)(F)F. The summed E-state index contributed by atoms with van der Waals surface area (Å²) < 4.78 is 163. The Bertz CT molecular complexity index is 701. The largest absolute Gasteiger partial charge is 0.499 e. The Labute approximate surface area is 123 Å². The van der Waals surface area contributed by atoms with Crippen molar-refractivity contribution in [3.63, 3.8) is 0 Å². The van der Waals surface area contributed by atoms with E-state index in [2.05, 4.69) is 0 Å². The van der Waals surface area contributed by atoms with Crippen LogP contribution in [0.15, 0.2) is 0 Å². The topological polar surface area (TPSA) is 85.3 Å². The molecule has 0 radical (unpaired) electrons. The summed E-state index contributed by atoms with van der Waals surface area (Å²) in [6.07, 6.45) is -1.62. The first-order chi connectivity index (χ1) is 9.40. The first kappa shape index (κ1) is 22.4. The smallest absolute Gasteiger partial charge is 0.272 e. The maximum atomic E-state index is 12.8. The summed E-state index contributed by atoms with van der Waals surface area (Å²) in [6.45, 7) is 0. The summed E-state index contributed by atoms with van der Waals surface area (Å²) >= 11 is 0. The lowest BCUT2D eigenvalue weighted by atomic mass is 11.5. The predicted molar refractivity (Wildman–Crippen MR) is 59.8 cm³/mol. The Balaban J connectivity index is 7.27. The van der Waals surface area contributed by atoms with Crippen LogP contribution in [0, 0.1) is 0 Å². The van der Waals surface area contributed by atoms with E-state index in [0.717, 1.165) is 0 Å². The highest BCUT2D eigenvalue weighted by Gasteiger charge is 2.76. The van der Waals surface area contributed by atoms with Gasteiger partial charge in [0.1, 0.15) is 0 Å². The Kier molecular flexibility index (Phi) is 4.84. The van der Waals surface area contributed by atoms with Gasteiger partial charge in [-0.2, -0.15) is 39.5 Å². The van der Waals surface area contributed by atoms with Crippen molar-refractivity contribution in [2.24, 2.45) is 0 Å². The number of rotatable bonds is 3. The molecule has 0 aromatic rings. The second kappa shape index (κ2) is 4.96. The van der Waals surface area contributed by atoms with Crippen LogP contribution in [0.2, 0.25) is 0 Å². The van der Waals surface area contributed by atoms with Crippen molar-refractivity contribution in [1.82, 2.24) is 0 Å². The zero-order valence-electron chi connectivity index (χ0n) is 10.7. The minimum absolute atomic E-state index is 0.811. The van der Waals surface area contributed by atoms with E-state index in [9.17, 15) is 60.6 Å². The second-order valence-corrected chi connectivity index (χ2v) is 14.4. The van der Waals surface area contributed by atoms with E-state index in [0.29, 0.717) is 0 Å².